The van der Waals surface area contributed by atoms with Gasteiger partial charge in [0.15, 0.2) is 0 Å². The molecule has 0 aromatic heterocycles. The van der Waals surface area contributed by atoms with Crippen LogP contribution in [0.25, 0.3) is 0 Å². The molecule has 78 valence electrons. The van der Waals surface area contributed by atoms with Gasteiger partial charge in [-0.1, -0.05) is 12.2 Å². The maximum Gasteiger partial charge on any atom is 0.334 e. The average molecular weight is 206 g/mol. The van der Waals surface area contributed by atoms with Crippen molar-refractivity contribution >= 4 is 5.97 Å². The number of hydrogen-bond donors (Lipinski definition) is 1. The van der Waals surface area contributed by atoms with Crippen LogP contribution in [0, 0.1) is 11.8 Å². The van der Waals surface area contributed by atoms with E-state index in [1.54, 1.807) is 6.08 Å². The van der Waals surface area contributed by atoms with Crippen molar-refractivity contribution in [2.24, 2.45) is 11.8 Å². The Bertz CT molecular complexity index is 411. The molecule has 4 heterocycles. The lowest BCUT2D eigenvalue weighted by molar-refractivity contribution is -0.133. The van der Waals surface area contributed by atoms with Crippen LogP contribution in [-0.4, -0.2) is 35.5 Å². The molecule has 4 bridgehead atoms. The van der Waals surface area contributed by atoms with Crippen molar-refractivity contribution in [2.45, 2.75) is 24.4 Å². The fraction of sp³-hybridized carbons (Fsp3) is 0.545. The second-order valence-electron chi connectivity index (χ2n) is 4.55. The summed E-state index contributed by atoms with van der Waals surface area (Å²) in [6, 6.07) is 0. The number of rotatable bonds is 1. The minimum atomic E-state index is -0.854. The lowest BCUT2D eigenvalue weighted by Gasteiger charge is -2.24. The van der Waals surface area contributed by atoms with Gasteiger partial charge in [0.2, 0.25) is 0 Å². The average Bonchev–Trinajstić information content (AvgIpc) is 2.95. The number of carboxylic acid groups (broad SMARTS) is 1. The lowest BCUT2D eigenvalue weighted by atomic mass is 9.74. The molecule has 0 amide bonds. The molecule has 6 atom stereocenters. The summed E-state index contributed by atoms with van der Waals surface area (Å²) in [5.74, 6) is -0.290. The van der Waals surface area contributed by atoms with Gasteiger partial charge in [0.25, 0.3) is 0 Å². The van der Waals surface area contributed by atoms with E-state index >= 15 is 0 Å². The van der Waals surface area contributed by atoms with Crippen LogP contribution in [0.2, 0.25) is 0 Å². The van der Waals surface area contributed by atoms with Crippen molar-refractivity contribution in [3.05, 3.63) is 23.8 Å². The standard InChI is InChI=1S/C11H10O4/c12-11(13)4-3-7-8-5-1-2-6(14-5)9(8)10(4)15-7/h1-3,5-10H,(H,12,13). The van der Waals surface area contributed by atoms with Crippen molar-refractivity contribution in [3.8, 4) is 0 Å². The number of aliphatic carboxylic acids is 1. The normalized spacial score (nSPS) is 53.5. The van der Waals surface area contributed by atoms with Gasteiger partial charge in [-0.25, -0.2) is 4.79 Å². The summed E-state index contributed by atoms with van der Waals surface area (Å²) in [5.41, 5.74) is 0.422. The third-order valence-electron chi connectivity index (χ3n) is 3.94. The van der Waals surface area contributed by atoms with Crippen LogP contribution in [-0.2, 0) is 14.3 Å². The fourth-order valence-electron chi connectivity index (χ4n) is 3.39. The minimum absolute atomic E-state index is 0.0500. The van der Waals surface area contributed by atoms with E-state index in [0.717, 1.165) is 0 Å². The predicted molar refractivity (Wildman–Crippen MR) is 49.2 cm³/mol. The molecule has 2 saturated heterocycles. The first kappa shape index (κ1) is 8.07. The van der Waals surface area contributed by atoms with E-state index in [0.29, 0.717) is 11.5 Å². The predicted octanol–water partition coefficient (Wildman–Crippen LogP) is 0.348. The smallest absolute Gasteiger partial charge is 0.334 e. The third kappa shape index (κ3) is 0.790. The Labute approximate surface area is 86.2 Å². The highest BCUT2D eigenvalue weighted by atomic mass is 16.5. The van der Waals surface area contributed by atoms with E-state index in [1.165, 1.54) is 0 Å². The lowest BCUT2D eigenvalue weighted by Crippen LogP contribution is -2.35. The van der Waals surface area contributed by atoms with Gasteiger partial charge in [-0.05, 0) is 6.08 Å². The van der Waals surface area contributed by atoms with Gasteiger partial charge in [-0.15, -0.1) is 0 Å². The topological polar surface area (TPSA) is 55.8 Å². The van der Waals surface area contributed by atoms with Crippen molar-refractivity contribution < 1.29 is 19.4 Å². The van der Waals surface area contributed by atoms with Gasteiger partial charge in [0, 0.05) is 11.8 Å². The summed E-state index contributed by atoms with van der Waals surface area (Å²) in [6.45, 7) is 0. The van der Waals surface area contributed by atoms with Crippen LogP contribution >= 0.6 is 0 Å². The van der Waals surface area contributed by atoms with Crippen molar-refractivity contribution in [1.29, 1.82) is 0 Å². The fourth-order valence-corrected chi connectivity index (χ4v) is 3.39. The Morgan fingerprint density at radius 1 is 1.13 bits per heavy atom. The molecule has 4 heteroatoms. The Kier molecular flexibility index (Phi) is 1.26. The molecule has 1 N–H and O–H groups in total. The monoisotopic (exact) mass is 206 g/mol. The summed E-state index contributed by atoms with van der Waals surface area (Å²) in [6.07, 6.45) is 5.77. The summed E-state index contributed by atoms with van der Waals surface area (Å²) in [5, 5.41) is 9.02. The van der Waals surface area contributed by atoms with Crippen LogP contribution in [0.1, 0.15) is 0 Å². The van der Waals surface area contributed by atoms with Crippen LogP contribution < -0.4 is 0 Å². The molecule has 0 aromatic rings. The molecule has 4 rings (SSSR count). The Balaban J connectivity index is 1.77. The van der Waals surface area contributed by atoms with Crippen LogP contribution in [0.3, 0.4) is 0 Å². The molecule has 0 spiro atoms. The minimum Gasteiger partial charge on any atom is -0.478 e. The number of hydrogen-bond acceptors (Lipinski definition) is 3. The maximum absolute atomic E-state index is 11.0. The molecule has 4 nitrogen and oxygen atoms in total. The van der Waals surface area contributed by atoms with Crippen LogP contribution in [0.5, 0.6) is 0 Å². The summed E-state index contributed by atoms with van der Waals surface area (Å²) >= 11 is 0. The van der Waals surface area contributed by atoms with E-state index in [1.807, 2.05) is 6.08 Å². The first-order chi connectivity index (χ1) is 7.25. The first-order valence-corrected chi connectivity index (χ1v) is 5.20. The number of carbonyl (C=O) groups is 1. The summed E-state index contributed by atoms with van der Waals surface area (Å²) in [4.78, 5) is 11.0. The van der Waals surface area contributed by atoms with Crippen LogP contribution in [0.15, 0.2) is 23.8 Å². The molecular weight excluding hydrogens is 196 g/mol. The molecule has 0 saturated carbocycles. The number of ether oxygens (including phenoxy) is 2. The third-order valence-corrected chi connectivity index (χ3v) is 3.94. The zero-order valence-electron chi connectivity index (χ0n) is 7.87. The van der Waals surface area contributed by atoms with E-state index in [4.69, 9.17) is 14.6 Å². The number of carboxylic acids is 1. The SMILES string of the molecule is O=C(O)C1=CC2OC1C1C3C=CC(O3)C21. The molecule has 0 radical (unpaired) electrons. The maximum atomic E-state index is 11.0. The van der Waals surface area contributed by atoms with Crippen LogP contribution in [0.4, 0.5) is 0 Å². The molecule has 4 aliphatic rings. The number of fused-ring (bicyclic) bond motifs is 9. The molecular formula is C11H10O4. The van der Waals surface area contributed by atoms with Crippen molar-refractivity contribution in [3.63, 3.8) is 0 Å². The highest BCUT2D eigenvalue weighted by molar-refractivity contribution is 5.89. The quantitative estimate of drug-likeness (QED) is 0.629. The van der Waals surface area contributed by atoms with Gasteiger partial charge < -0.3 is 14.6 Å². The van der Waals surface area contributed by atoms with Crippen molar-refractivity contribution in [1.82, 2.24) is 0 Å². The second kappa shape index (κ2) is 2.33. The Morgan fingerprint density at radius 2 is 1.87 bits per heavy atom. The van der Waals surface area contributed by atoms with Gasteiger partial charge in [0.1, 0.15) is 0 Å². The second-order valence-corrected chi connectivity index (χ2v) is 4.55. The summed E-state index contributed by atoms with van der Waals surface area (Å²) in [7, 11) is 0. The first-order valence-electron chi connectivity index (χ1n) is 5.20. The van der Waals surface area contributed by atoms with Gasteiger partial charge in [-0.2, -0.15) is 0 Å². The molecule has 6 unspecified atom stereocenters. The molecule has 2 fully saturated rings. The summed E-state index contributed by atoms with van der Waals surface area (Å²) < 4.78 is 11.4. The van der Waals surface area contributed by atoms with Gasteiger partial charge in [-0.3, -0.25) is 0 Å². The van der Waals surface area contributed by atoms with Gasteiger partial charge in [0.05, 0.1) is 30.0 Å². The Morgan fingerprint density at radius 3 is 2.60 bits per heavy atom. The van der Waals surface area contributed by atoms with E-state index in [2.05, 4.69) is 6.08 Å². The molecule has 0 aromatic carbocycles. The zero-order chi connectivity index (χ0) is 10.2. The highest BCUT2D eigenvalue weighted by Gasteiger charge is 2.61. The zero-order valence-corrected chi connectivity index (χ0v) is 7.87. The largest absolute Gasteiger partial charge is 0.478 e. The molecule has 0 aliphatic carbocycles. The van der Waals surface area contributed by atoms with E-state index in [9.17, 15) is 4.79 Å². The van der Waals surface area contributed by atoms with Gasteiger partial charge >= 0.3 is 5.97 Å². The molecule has 15 heavy (non-hydrogen) atoms. The molecule has 4 aliphatic heterocycles. The van der Waals surface area contributed by atoms with E-state index in [-0.39, 0.29) is 30.3 Å². The Hall–Kier alpha value is -1.13. The van der Waals surface area contributed by atoms with E-state index < -0.39 is 5.97 Å². The highest BCUT2D eigenvalue weighted by Crippen LogP contribution is 2.54. The van der Waals surface area contributed by atoms with Crippen molar-refractivity contribution in [2.75, 3.05) is 0 Å².